The predicted molar refractivity (Wildman–Crippen MR) is 67.0 cm³/mol. The zero-order valence-electron chi connectivity index (χ0n) is 10.1. The summed E-state index contributed by atoms with van der Waals surface area (Å²) in [6.07, 6.45) is 1.88. The molecule has 0 aliphatic carbocycles. The molecule has 0 saturated carbocycles. The third-order valence-corrected chi connectivity index (χ3v) is 3.24. The van der Waals surface area contributed by atoms with Gasteiger partial charge in [0.2, 0.25) is 0 Å². The molecule has 1 saturated heterocycles. The van der Waals surface area contributed by atoms with Crippen LogP contribution >= 0.6 is 0 Å². The van der Waals surface area contributed by atoms with Crippen LogP contribution in [-0.2, 0) is 4.79 Å². The van der Waals surface area contributed by atoms with E-state index >= 15 is 0 Å². The molecule has 2 rings (SSSR count). The van der Waals surface area contributed by atoms with E-state index in [1.165, 1.54) is 6.07 Å². The molecule has 1 aliphatic heterocycles. The number of rotatable bonds is 4. The third kappa shape index (κ3) is 2.61. The molecule has 1 aromatic rings. The van der Waals surface area contributed by atoms with Gasteiger partial charge in [-0.1, -0.05) is 6.07 Å². The van der Waals surface area contributed by atoms with Gasteiger partial charge in [0, 0.05) is 30.4 Å². The number of nitrogens with two attached hydrogens (primary N) is 1. The number of nitrogens with zero attached hydrogens (tertiary/aromatic N) is 1. The molecule has 1 unspecified atom stereocenters. The molecule has 1 aliphatic rings. The quantitative estimate of drug-likeness (QED) is 0.859. The van der Waals surface area contributed by atoms with E-state index in [-0.39, 0.29) is 6.42 Å². The Morgan fingerprint density at radius 3 is 2.72 bits per heavy atom. The van der Waals surface area contributed by atoms with Gasteiger partial charge in [-0.3, -0.25) is 4.79 Å². The summed E-state index contributed by atoms with van der Waals surface area (Å²) in [5.74, 6) is -1.44. The minimum absolute atomic E-state index is 0.262. The number of aliphatic carboxylic acids is 1. The molecule has 3 N–H and O–H groups in total. The molecule has 5 heteroatoms. The van der Waals surface area contributed by atoms with Gasteiger partial charge in [-0.25, -0.2) is 4.39 Å². The summed E-state index contributed by atoms with van der Waals surface area (Å²) in [6, 6.07) is 3.97. The Kier molecular flexibility index (Phi) is 3.81. The average molecular weight is 252 g/mol. The van der Waals surface area contributed by atoms with Crippen molar-refractivity contribution in [3.8, 4) is 0 Å². The first-order chi connectivity index (χ1) is 8.59. The van der Waals surface area contributed by atoms with Crippen LogP contribution in [0.1, 0.15) is 30.9 Å². The molecule has 1 heterocycles. The number of hydrogen-bond acceptors (Lipinski definition) is 3. The van der Waals surface area contributed by atoms with E-state index in [0.29, 0.717) is 5.56 Å². The van der Waals surface area contributed by atoms with Gasteiger partial charge in [0.1, 0.15) is 5.82 Å². The molecule has 0 radical (unpaired) electrons. The van der Waals surface area contributed by atoms with Crippen molar-refractivity contribution >= 4 is 11.7 Å². The number of anilines is 1. The Morgan fingerprint density at radius 1 is 1.44 bits per heavy atom. The molecule has 18 heavy (non-hydrogen) atoms. The van der Waals surface area contributed by atoms with Crippen molar-refractivity contribution in [1.82, 2.24) is 0 Å². The van der Waals surface area contributed by atoms with Crippen molar-refractivity contribution in [1.29, 1.82) is 0 Å². The van der Waals surface area contributed by atoms with Crippen LogP contribution in [0.3, 0.4) is 0 Å². The number of benzene rings is 1. The van der Waals surface area contributed by atoms with Gasteiger partial charge >= 0.3 is 5.97 Å². The summed E-state index contributed by atoms with van der Waals surface area (Å²) in [7, 11) is 0. The van der Waals surface area contributed by atoms with Crippen molar-refractivity contribution in [2.45, 2.75) is 25.3 Å². The lowest BCUT2D eigenvalue weighted by molar-refractivity contribution is -0.137. The van der Waals surface area contributed by atoms with Crippen molar-refractivity contribution in [3.05, 3.63) is 29.6 Å². The largest absolute Gasteiger partial charge is 0.481 e. The number of hydrogen-bond donors (Lipinski definition) is 2. The highest BCUT2D eigenvalue weighted by Crippen LogP contribution is 2.31. The molecule has 4 nitrogen and oxygen atoms in total. The Hall–Kier alpha value is -1.62. The minimum Gasteiger partial charge on any atom is -0.481 e. The molecule has 1 fully saturated rings. The van der Waals surface area contributed by atoms with E-state index in [9.17, 15) is 9.18 Å². The first kappa shape index (κ1) is 12.8. The third-order valence-electron chi connectivity index (χ3n) is 3.24. The normalized spacial score (nSPS) is 16.9. The highest BCUT2D eigenvalue weighted by atomic mass is 19.1. The predicted octanol–water partition coefficient (Wildman–Crippen LogP) is 1.90. The topological polar surface area (TPSA) is 66.6 Å². The summed E-state index contributed by atoms with van der Waals surface area (Å²) in [4.78, 5) is 12.8. The van der Waals surface area contributed by atoms with E-state index in [2.05, 4.69) is 4.90 Å². The van der Waals surface area contributed by atoms with Crippen LogP contribution in [-0.4, -0.2) is 24.2 Å². The Labute approximate surface area is 105 Å². The second kappa shape index (κ2) is 5.35. The highest BCUT2D eigenvalue weighted by molar-refractivity contribution is 5.69. The van der Waals surface area contributed by atoms with Gasteiger partial charge in [-0.05, 0) is 25.0 Å². The summed E-state index contributed by atoms with van der Waals surface area (Å²) in [6.45, 7) is 1.74. The maximum Gasteiger partial charge on any atom is 0.305 e. The fourth-order valence-corrected chi connectivity index (χ4v) is 2.42. The molecular formula is C13H17FN2O2. The van der Waals surface area contributed by atoms with Crippen LogP contribution in [0.15, 0.2) is 18.2 Å². The van der Waals surface area contributed by atoms with Gasteiger partial charge in [0.25, 0.3) is 0 Å². The van der Waals surface area contributed by atoms with Crippen LogP contribution in [0.5, 0.6) is 0 Å². The van der Waals surface area contributed by atoms with Crippen LogP contribution in [0.2, 0.25) is 0 Å². The Morgan fingerprint density at radius 2 is 2.11 bits per heavy atom. The number of carboxylic acid groups (broad SMARTS) is 1. The fraction of sp³-hybridized carbons (Fsp3) is 0.462. The molecule has 0 aromatic heterocycles. The van der Waals surface area contributed by atoms with Gasteiger partial charge in [0.05, 0.1) is 6.42 Å². The van der Waals surface area contributed by atoms with Crippen LogP contribution < -0.4 is 10.6 Å². The maximum atomic E-state index is 13.9. The van der Waals surface area contributed by atoms with Gasteiger partial charge in [-0.15, -0.1) is 0 Å². The average Bonchev–Trinajstić information content (AvgIpc) is 2.80. The van der Waals surface area contributed by atoms with Crippen molar-refractivity contribution < 1.29 is 14.3 Å². The molecule has 0 bridgehead atoms. The lowest BCUT2D eigenvalue weighted by Crippen LogP contribution is -2.24. The van der Waals surface area contributed by atoms with E-state index in [1.807, 2.05) is 6.07 Å². The summed E-state index contributed by atoms with van der Waals surface area (Å²) < 4.78 is 13.9. The lowest BCUT2D eigenvalue weighted by atomic mass is 10.0. The minimum atomic E-state index is -1.02. The monoisotopic (exact) mass is 252 g/mol. The summed E-state index contributed by atoms with van der Waals surface area (Å²) >= 11 is 0. The van der Waals surface area contributed by atoms with Gasteiger partial charge in [0.15, 0.2) is 0 Å². The zero-order valence-corrected chi connectivity index (χ0v) is 10.1. The van der Waals surface area contributed by atoms with Crippen LogP contribution in [0.4, 0.5) is 10.1 Å². The summed E-state index contributed by atoms with van der Waals surface area (Å²) in [5.41, 5.74) is 6.88. The Balaban J connectivity index is 2.34. The molecular weight excluding hydrogens is 235 g/mol. The molecule has 1 aromatic carbocycles. The second-order valence-corrected chi connectivity index (χ2v) is 4.57. The van der Waals surface area contributed by atoms with Crippen molar-refractivity contribution in [3.63, 3.8) is 0 Å². The van der Waals surface area contributed by atoms with Crippen LogP contribution in [0, 0.1) is 5.82 Å². The smallest absolute Gasteiger partial charge is 0.305 e. The SMILES string of the molecule is NC(CC(=O)O)c1c(F)cccc1N1CCCC1. The number of carbonyl (C=O) groups is 1. The molecule has 1 atom stereocenters. The first-order valence-corrected chi connectivity index (χ1v) is 6.10. The van der Waals surface area contributed by atoms with E-state index in [0.717, 1.165) is 31.6 Å². The van der Waals surface area contributed by atoms with Crippen molar-refractivity contribution in [2.75, 3.05) is 18.0 Å². The second-order valence-electron chi connectivity index (χ2n) is 4.57. The van der Waals surface area contributed by atoms with Gasteiger partial charge < -0.3 is 15.7 Å². The van der Waals surface area contributed by atoms with Crippen molar-refractivity contribution in [2.24, 2.45) is 5.73 Å². The highest BCUT2D eigenvalue weighted by Gasteiger charge is 2.23. The summed E-state index contributed by atoms with van der Waals surface area (Å²) in [5, 5.41) is 8.78. The van der Waals surface area contributed by atoms with E-state index in [4.69, 9.17) is 10.8 Å². The number of halogens is 1. The molecule has 0 amide bonds. The Bertz CT molecular complexity index is 445. The maximum absolute atomic E-state index is 13.9. The molecule has 0 spiro atoms. The first-order valence-electron chi connectivity index (χ1n) is 6.10. The van der Waals surface area contributed by atoms with E-state index in [1.54, 1.807) is 6.07 Å². The van der Waals surface area contributed by atoms with E-state index < -0.39 is 17.8 Å². The molecule has 98 valence electrons. The lowest BCUT2D eigenvalue weighted by Gasteiger charge is -2.24. The van der Waals surface area contributed by atoms with Crippen LogP contribution in [0.25, 0.3) is 0 Å². The number of carboxylic acids is 1. The zero-order chi connectivity index (χ0) is 13.1. The fourth-order valence-electron chi connectivity index (χ4n) is 2.42. The standard InChI is InChI=1S/C13H17FN2O2/c14-9-4-3-5-11(16-6-1-2-7-16)13(9)10(15)8-12(17)18/h3-5,10H,1-2,6-8,15H2,(H,17,18). The van der Waals surface area contributed by atoms with Gasteiger partial charge in [-0.2, -0.15) is 0 Å².